The lowest BCUT2D eigenvalue weighted by molar-refractivity contribution is -0.0679. The molecule has 170 valence electrons. The van der Waals surface area contributed by atoms with Gasteiger partial charge >= 0.3 is 0 Å². The second-order valence-corrected chi connectivity index (χ2v) is 10.5. The van der Waals surface area contributed by atoms with Crippen LogP contribution in [0.3, 0.4) is 0 Å². The molecule has 4 aliphatic rings. The van der Waals surface area contributed by atoms with Crippen molar-refractivity contribution in [3.8, 4) is 5.75 Å². The summed E-state index contributed by atoms with van der Waals surface area (Å²) in [5.74, 6) is 1.50. The Labute approximate surface area is 189 Å². The van der Waals surface area contributed by atoms with Gasteiger partial charge in [0.15, 0.2) is 0 Å². The van der Waals surface area contributed by atoms with E-state index < -0.39 is 5.60 Å². The van der Waals surface area contributed by atoms with Crippen molar-refractivity contribution in [1.29, 1.82) is 0 Å². The predicted octanol–water partition coefficient (Wildman–Crippen LogP) is 3.18. The number of ether oxygens (including phenoxy) is 1. The standard InChI is InChI=1S/C26H33N3O3/c1-32-24-12-19-4-2-3-18(19)11-20(24)15-28-21-7-8-22(28)14-26(31,13-21)16-29-25(30)10-9-23(27-29)17-5-6-17/h9-12,17,21-22,31H,2-8,13-16H2,1H3. The molecule has 2 aromatic rings. The van der Waals surface area contributed by atoms with Gasteiger partial charge in [0.2, 0.25) is 0 Å². The highest BCUT2D eigenvalue weighted by Crippen LogP contribution is 2.43. The van der Waals surface area contributed by atoms with E-state index in [1.54, 1.807) is 13.2 Å². The van der Waals surface area contributed by atoms with Crippen molar-refractivity contribution in [2.45, 2.75) is 94.5 Å². The number of benzene rings is 1. The molecule has 32 heavy (non-hydrogen) atoms. The first-order valence-corrected chi connectivity index (χ1v) is 12.3. The fourth-order valence-electron chi connectivity index (χ4n) is 6.42. The number of aliphatic hydroxyl groups is 1. The third-order valence-electron chi connectivity index (χ3n) is 8.18. The number of piperidine rings is 1. The van der Waals surface area contributed by atoms with Crippen LogP contribution >= 0.6 is 0 Å². The average molecular weight is 436 g/mol. The molecular weight excluding hydrogens is 402 g/mol. The normalized spacial score (nSPS) is 29.3. The topological polar surface area (TPSA) is 67.6 Å². The largest absolute Gasteiger partial charge is 0.496 e. The molecule has 3 fully saturated rings. The van der Waals surface area contributed by atoms with Crippen molar-refractivity contribution >= 4 is 0 Å². The van der Waals surface area contributed by atoms with Gasteiger partial charge in [-0.2, -0.15) is 5.10 Å². The minimum Gasteiger partial charge on any atom is -0.496 e. The van der Waals surface area contributed by atoms with Gasteiger partial charge in [-0.25, -0.2) is 4.68 Å². The van der Waals surface area contributed by atoms with Gasteiger partial charge in [-0.3, -0.25) is 9.69 Å². The van der Waals surface area contributed by atoms with E-state index in [0.29, 0.717) is 37.4 Å². The molecule has 2 unspecified atom stereocenters. The van der Waals surface area contributed by atoms with E-state index in [0.717, 1.165) is 50.1 Å². The maximum absolute atomic E-state index is 12.4. The number of aromatic nitrogens is 2. The van der Waals surface area contributed by atoms with Crippen molar-refractivity contribution < 1.29 is 9.84 Å². The molecule has 2 atom stereocenters. The Balaban J connectivity index is 1.20. The summed E-state index contributed by atoms with van der Waals surface area (Å²) in [7, 11) is 1.77. The number of nitrogens with zero attached hydrogens (tertiary/aromatic N) is 3. The zero-order valence-corrected chi connectivity index (χ0v) is 18.9. The number of methoxy groups -OCH3 is 1. The van der Waals surface area contributed by atoms with Gasteiger partial charge < -0.3 is 9.84 Å². The van der Waals surface area contributed by atoms with Crippen LogP contribution in [0.2, 0.25) is 0 Å². The lowest BCUT2D eigenvalue weighted by Gasteiger charge is -2.44. The van der Waals surface area contributed by atoms with Crippen molar-refractivity contribution in [3.63, 3.8) is 0 Å². The summed E-state index contributed by atoms with van der Waals surface area (Å²) in [6.07, 6.45) is 9.46. The summed E-state index contributed by atoms with van der Waals surface area (Å²) in [6, 6.07) is 8.74. The predicted molar refractivity (Wildman–Crippen MR) is 122 cm³/mol. The van der Waals surface area contributed by atoms with Crippen LogP contribution in [0.5, 0.6) is 5.75 Å². The molecule has 2 aliphatic heterocycles. The second-order valence-electron chi connectivity index (χ2n) is 10.5. The monoisotopic (exact) mass is 435 g/mol. The Kier molecular flexibility index (Phi) is 4.92. The van der Waals surface area contributed by atoms with Crippen LogP contribution in [-0.2, 0) is 25.9 Å². The lowest BCUT2D eigenvalue weighted by Crippen LogP contribution is -2.53. The Hall–Kier alpha value is -2.18. The third kappa shape index (κ3) is 3.67. The fraction of sp³-hybridized carbons (Fsp3) is 0.615. The molecule has 1 saturated carbocycles. The smallest absolute Gasteiger partial charge is 0.266 e. The van der Waals surface area contributed by atoms with Gasteiger partial charge in [-0.05, 0) is 81.0 Å². The lowest BCUT2D eigenvalue weighted by atomic mass is 9.85. The van der Waals surface area contributed by atoms with E-state index in [1.165, 1.54) is 34.2 Å². The average Bonchev–Trinajstić information content (AvgIpc) is 3.47. The van der Waals surface area contributed by atoms with Crippen molar-refractivity contribution in [2.75, 3.05) is 7.11 Å². The molecular formula is C26H33N3O3. The van der Waals surface area contributed by atoms with Crippen LogP contribution in [0.25, 0.3) is 0 Å². The zero-order chi connectivity index (χ0) is 21.9. The summed E-state index contributed by atoms with van der Waals surface area (Å²) in [5.41, 5.74) is 4.20. The van der Waals surface area contributed by atoms with Crippen molar-refractivity contribution in [1.82, 2.24) is 14.7 Å². The molecule has 3 heterocycles. The first kappa shape index (κ1) is 20.4. The molecule has 6 rings (SSSR count). The van der Waals surface area contributed by atoms with E-state index in [2.05, 4.69) is 22.1 Å². The zero-order valence-electron chi connectivity index (χ0n) is 18.9. The molecule has 0 spiro atoms. The van der Waals surface area contributed by atoms with Crippen LogP contribution in [0, 0.1) is 0 Å². The Morgan fingerprint density at radius 3 is 2.50 bits per heavy atom. The second kappa shape index (κ2) is 7.70. The van der Waals surface area contributed by atoms with Crippen LogP contribution in [0.4, 0.5) is 0 Å². The van der Waals surface area contributed by atoms with E-state index >= 15 is 0 Å². The Bertz CT molecular complexity index is 1080. The highest BCUT2D eigenvalue weighted by molar-refractivity contribution is 5.45. The van der Waals surface area contributed by atoms with Crippen LogP contribution in [0.15, 0.2) is 29.1 Å². The molecule has 2 aliphatic carbocycles. The van der Waals surface area contributed by atoms with Crippen molar-refractivity contribution in [2.24, 2.45) is 0 Å². The van der Waals surface area contributed by atoms with Gasteiger partial charge in [0.25, 0.3) is 5.56 Å². The highest BCUT2D eigenvalue weighted by Gasteiger charge is 2.48. The number of aryl methyl sites for hydroxylation is 2. The number of rotatable bonds is 6. The molecule has 2 saturated heterocycles. The number of fused-ring (bicyclic) bond motifs is 3. The third-order valence-corrected chi connectivity index (χ3v) is 8.18. The fourth-order valence-corrected chi connectivity index (χ4v) is 6.42. The van der Waals surface area contributed by atoms with Crippen LogP contribution < -0.4 is 10.3 Å². The summed E-state index contributed by atoms with van der Waals surface area (Å²) in [5, 5.41) is 16.1. The van der Waals surface area contributed by atoms with Gasteiger partial charge in [0.1, 0.15) is 5.75 Å². The minimum absolute atomic E-state index is 0.111. The molecule has 6 nitrogen and oxygen atoms in total. The van der Waals surface area contributed by atoms with Gasteiger partial charge in [0.05, 0.1) is 24.9 Å². The first-order valence-electron chi connectivity index (χ1n) is 12.3. The molecule has 0 radical (unpaired) electrons. The number of hydrogen-bond donors (Lipinski definition) is 1. The summed E-state index contributed by atoms with van der Waals surface area (Å²) in [4.78, 5) is 15.0. The molecule has 0 amide bonds. The van der Waals surface area contributed by atoms with Crippen LogP contribution in [0.1, 0.15) is 73.2 Å². The summed E-state index contributed by atoms with van der Waals surface area (Å²) >= 11 is 0. The summed E-state index contributed by atoms with van der Waals surface area (Å²) in [6.45, 7) is 1.17. The van der Waals surface area contributed by atoms with Crippen molar-refractivity contribution in [3.05, 3.63) is 57.0 Å². The first-order chi connectivity index (χ1) is 15.5. The van der Waals surface area contributed by atoms with E-state index in [-0.39, 0.29) is 5.56 Å². The molecule has 1 N–H and O–H groups in total. The summed E-state index contributed by atoms with van der Waals surface area (Å²) < 4.78 is 7.27. The van der Waals surface area contributed by atoms with Crippen LogP contribution in [-0.4, -0.2) is 44.6 Å². The Morgan fingerprint density at radius 1 is 1.09 bits per heavy atom. The quantitative estimate of drug-likeness (QED) is 0.755. The van der Waals surface area contributed by atoms with Gasteiger partial charge in [-0.15, -0.1) is 0 Å². The maximum Gasteiger partial charge on any atom is 0.266 e. The molecule has 6 heteroatoms. The Morgan fingerprint density at radius 2 is 1.81 bits per heavy atom. The van der Waals surface area contributed by atoms with Gasteiger partial charge in [-0.1, -0.05) is 6.07 Å². The van der Waals surface area contributed by atoms with E-state index in [9.17, 15) is 9.90 Å². The SMILES string of the molecule is COc1cc2c(cc1CN1C3CCC1CC(O)(Cn1nc(C4CC4)ccc1=O)C3)CCC2. The molecule has 1 aromatic heterocycles. The molecule has 1 aromatic carbocycles. The minimum atomic E-state index is -0.872. The maximum atomic E-state index is 12.4. The molecule has 2 bridgehead atoms. The highest BCUT2D eigenvalue weighted by atomic mass is 16.5. The van der Waals surface area contributed by atoms with Gasteiger partial charge in [0, 0.05) is 36.2 Å². The number of hydrogen-bond acceptors (Lipinski definition) is 5. The van der Waals surface area contributed by atoms with E-state index in [1.807, 2.05) is 6.07 Å². The van der Waals surface area contributed by atoms with E-state index in [4.69, 9.17) is 4.74 Å².